The van der Waals surface area contributed by atoms with Gasteiger partial charge in [0.2, 0.25) is 5.13 Å². The van der Waals surface area contributed by atoms with E-state index in [0.717, 1.165) is 12.0 Å². The minimum Gasteiger partial charge on any atom is -0.281 e. The van der Waals surface area contributed by atoms with Crippen LogP contribution in [0.15, 0.2) is 48.7 Å². The SMILES string of the molecule is CCCN(C(=O)c1ccccn1)c1nnc(-c2ccc(F)cc2)s1. The molecule has 0 N–H and O–H groups in total. The normalized spacial score (nSPS) is 10.6. The highest BCUT2D eigenvalue weighted by Crippen LogP contribution is 2.29. The topological polar surface area (TPSA) is 59.0 Å². The van der Waals surface area contributed by atoms with Gasteiger partial charge in [0.25, 0.3) is 5.91 Å². The number of nitrogens with zero attached hydrogens (tertiary/aromatic N) is 4. The minimum atomic E-state index is -0.304. The fourth-order valence-electron chi connectivity index (χ4n) is 2.17. The van der Waals surface area contributed by atoms with Crippen molar-refractivity contribution in [2.24, 2.45) is 0 Å². The summed E-state index contributed by atoms with van der Waals surface area (Å²) < 4.78 is 13.0. The van der Waals surface area contributed by atoms with Crippen molar-refractivity contribution < 1.29 is 9.18 Å². The summed E-state index contributed by atoms with van der Waals surface area (Å²) in [6, 6.07) is 11.2. The zero-order valence-electron chi connectivity index (χ0n) is 13.0. The molecule has 24 heavy (non-hydrogen) atoms. The Morgan fingerprint density at radius 1 is 1.17 bits per heavy atom. The maximum absolute atomic E-state index is 13.0. The molecule has 0 unspecified atom stereocenters. The third-order valence-corrected chi connectivity index (χ3v) is 4.31. The highest BCUT2D eigenvalue weighted by molar-refractivity contribution is 7.18. The smallest absolute Gasteiger partial charge is 0.278 e. The van der Waals surface area contributed by atoms with Crippen LogP contribution in [-0.4, -0.2) is 27.6 Å². The van der Waals surface area contributed by atoms with Crippen LogP contribution in [0.2, 0.25) is 0 Å². The van der Waals surface area contributed by atoms with Crippen LogP contribution in [0.4, 0.5) is 9.52 Å². The first kappa shape index (κ1) is 16.2. The average molecular weight is 342 g/mol. The lowest BCUT2D eigenvalue weighted by molar-refractivity contribution is 0.0982. The fourth-order valence-corrected chi connectivity index (χ4v) is 3.04. The van der Waals surface area contributed by atoms with E-state index in [0.29, 0.717) is 22.4 Å². The van der Waals surface area contributed by atoms with Crippen LogP contribution in [0, 0.1) is 5.82 Å². The standard InChI is InChI=1S/C17H15FN4OS/c1-2-11-22(16(23)14-5-3-4-10-19-14)17-21-20-15(24-17)12-6-8-13(18)9-7-12/h3-10H,2,11H2,1H3. The van der Waals surface area contributed by atoms with E-state index in [-0.39, 0.29) is 11.7 Å². The van der Waals surface area contributed by atoms with E-state index in [4.69, 9.17) is 0 Å². The number of carbonyl (C=O) groups excluding carboxylic acids is 1. The molecule has 0 bridgehead atoms. The van der Waals surface area contributed by atoms with Gasteiger partial charge in [0.15, 0.2) is 0 Å². The van der Waals surface area contributed by atoms with Gasteiger partial charge in [-0.05, 0) is 42.8 Å². The number of hydrogen-bond donors (Lipinski definition) is 0. The molecule has 0 spiro atoms. The van der Waals surface area contributed by atoms with Crippen LogP contribution >= 0.6 is 11.3 Å². The molecule has 0 aliphatic rings. The molecule has 0 fully saturated rings. The number of anilines is 1. The lowest BCUT2D eigenvalue weighted by Gasteiger charge is -2.17. The van der Waals surface area contributed by atoms with E-state index in [1.165, 1.54) is 23.5 Å². The van der Waals surface area contributed by atoms with Crippen molar-refractivity contribution in [2.45, 2.75) is 13.3 Å². The van der Waals surface area contributed by atoms with Crippen molar-refractivity contribution in [3.63, 3.8) is 0 Å². The van der Waals surface area contributed by atoms with Gasteiger partial charge in [-0.1, -0.05) is 24.3 Å². The van der Waals surface area contributed by atoms with Gasteiger partial charge in [-0.25, -0.2) is 4.39 Å². The van der Waals surface area contributed by atoms with Crippen LogP contribution in [-0.2, 0) is 0 Å². The third-order valence-electron chi connectivity index (χ3n) is 3.31. The van der Waals surface area contributed by atoms with E-state index in [9.17, 15) is 9.18 Å². The van der Waals surface area contributed by atoms with E-state index in [1.54, 1.807) is 41.4 Å². The van der Waals surface area contributed by atoms with Crippen LogP contribution in [0.3, 0.4) is 0 Å². The summed E-state index contributed by atoms with van der Waals surface area (Å²) >= 11 is 1.30. The van der Waals surface area contributed by atoms with Gasteiger partial charge in [-0.3, -0.25) is 14.7 Å². The van der Waals surface area contributed by atoms with Gasteiger partial charge in [-0.15, -0.1) is 10.2 Å². The van der Waals surface area contributed by atoms with Crippen molar-refractivity contribution in [3.8, 4) is 10.6 Å². The highest BCUT2D eigenvalue weighted by Gasteiger charge is 2.22. The van der Waals surface area contributed by atoms with Crippen molar-refractivity contribution in [2.75, 3.05) is 11.4 Å². The maximum atomic E-state index is 13.0. The quantitative estimate of drug-likeness (QED) is 0.708. The van der Waals surface area contributed by atoms with E-state index in [2.05, 4.69) is 15.2 Å². The number of hydrogen-bond acceptors (Lipinski definition) is 5. The van der Waals surface area contributed by atoms with Crippen LogP contribution in [0.1, 0.15) is 23.8 Å². The third kappa shape index (κ3) is 3.46. The molecule has 0 saturated heterocycles. The molecule has 0 radical (unpaired) electrons. The second-order valence-electron chi connectivity index (χ2n) is 5.07. The number of halogens is 1. The molecule has 1 aromatic carbocycles. The molecule has 0 atom stereocenters. The maximum Gasteiger partial charge on any atom is 0.278 e. The van der Waals surface area contributed by atoms with Gasteiger partial charge in [0, 0.05) is 18.3 Å². The summed E-state index contributed by atoms with van der Waals surface area (Å²) in [6.07, 6.45) is 2.37. The van der Waals surface area contributed by atoms with Crippen molar-refractivity contribution in [1.29, 1.82) is 0 Å². The highest BCUT2D eigenvalue weighted by atomic mass is 32.1. The van der Waals surface area contributed by atoms with E-state index >= 15 is 0 Å². The van der Waals surface area contributed by atoms with Gasteiger partial charge in [-0.2, -0.15) is 0 Å². The summed E-state index contributed by atoms with van der Waals surface area (Å²) in [5.41, 5.74) is 1.13. The Kier molecular flexibility index (Phi) is 4.90. The molecule has 5 nitrogen and oxygen atoms in total. The Morgan fingerprint density at radius 2 is 1.96 bits per heavy atom. The second kappa shape index (κ2) is 7.27. The lowest BCUT2D eigenvalue weighted by Crippen LogP contribution is -2.32. The predicted octanol–water partition coefficient (Wildman–Crippen LogP) is 3.80. The molecule has 7 heteroatoms. The van der Waals surface area contributed by atoms with E-state index < -0.39 is 0 Å². The molecule has 0 aliphatic heterocycles. The van der Waals surface area contributed by atoms with Crippen LogP contribution in [0.25, 0.3) is 10.6 Å². The Balaban J connectivity index is 1.89. The molecular formula is C17H15FN4OS. The summed E-state index contributed by atoms with van der Waals surface area (Å²) in [4.78, 5) is 18.4. The van der Waals surface area contributed by atoms with Gasteiger partial charge in [0.05, 0.1) is 0 Å². The summed E-state index contributed by atoms with van der Waals surface area (Å²) in [6.45, 7) is 2.51. The second-order valence-corrected chi connectivity index (χ2v) is 6.02. The molecular weight excluding hydrogens is 327 g/mol. The summed E-state index contributed by atoms with van der Waals surface area (Å²) in [5.74, 6) is -0.513. The minimum absolute atomic E-state index is 0.209. The Morgan fingerprint density at radius 3 is 2.62 bits per heavy atom. The molecule has 122 valence electrons. The van der Waals surface area contributed by atoms with Gasteiger partial charge >= 0.3 is 0 Å². The zero-order valence-corrected chi connectivity index (χ0v) is 13.8. The monoisotopic (exact) mass is 342 g/mol. The number of benzene rings is 1. The predicted molar refractivity (Wildman–Crippen MR) is 91.5 cm³/mol. The number of aromatic nitrogens is 3. The molecule has 3 rings (SSSR count). The van der Waals surface area contributed by atoms with Crippen LogP contribution in [0.5, 0.6) is 0 Å². The Labute approximate surface area is 142 Å². The molecule has 3 aromatic rings. The lowest BCUT2D eigenvalue weighted by atomic mass is 10.2. The first-order valence-electron chi connectivity index (χ1n) is 7.51. The Bertz CT molecular complexity index is 820. The fraction of sp³-hybridized carbons (Fsp3) is 0.176. The molecule has 2 heterocycles. The van der Waals surface area contributed by atoms with Crippen molar-refractivity contribution in [1.82, 2.24) is 15.2 Å². The largest absolute Gasteiger partial charge is 0.281 e. The number of amides is 1. The van der Waals surface area contributed by atoms with Crippen molar-refractivity contribution in [3.05, 3.63) is 60.2 Å². The first-order chi connectivity index (χ1) is 11.7. The van der Waals surface area contributed by atoms with Gasteiger partial charge < -0.3 is 0 Å². The number of carbonyl (C=O) groups is 1. The number of rotatable bonds is 5. The zero-order chi connectivity index (χ0) is 16.9. The van der Waals surface area contributed by atoms with Gasteiger partial charge in [0.1, 0.15) is 16.5 Å². The van der Waals surface area contributed by atoms with Crippen molar-refractivity contribution >= 4 is 22.4 Å². The summed E-state index contributed by atoms with van der Waals surface area (Å²) in [5, 5.41) is 9.40. The first-order valence-corrected chi connectivity index (χ1v) is 8.33. The summed E-state index contributed by atoms with van der Waals surface area (Å²) in [7, 11) is 0. The molecule has 0 saturated carbocycles. The Hall–Kier alpha value is -2.67. The van der Waals surface area contributed by atoms with E-state index in [1.807, 2.05) is 6.92 Å². The molecule has 1 amide bonds. The molecule has 2 aromatic heterocycles. The molecule has 0 aliphatic carbocycles. The van der Waals surface area contributed by atoms with Crippen LogP contribution < -0.4 is 4.90 Å². The average Bonchev–Trinajstić information content (AvgIpc) is 3.10. The number of pyridine rings is 1.